The summed E-state index contributed by atoms with van der Waals surface area (Å²) in [4.78, 5) is 5.18. The molecule has 3 N–H and O–H groups in total. The van der Waals surface area contributed by atoms with Crippen molar-refractivity contribution < 1.29 is 5.21 Å². The lowest BCUT2D eigenvalue weighted by molar-refractivity contribution is 0.123. The van der Waals surface area contributed by atoms with Gasteiger partial charge in [-0.15, -0.1) is 0 Å². The average molecular weight is 268 g/mol. The maximum atomic E-state index is 8.75. The van der Waals surface area contributed by atoms with Crippen LogP contribution in [-0.4, -0.2) is 59.6 Å². The van der Waals surface area contributed by atoms with Crippen LogP contribution in [-0.2, 0) is 0 Å². The molecular formula is C14H28N4O. The Kier molecular flexibility index (Phi) is 4.68. The number of hydrogen-bond donors (Lipinski definition) is 2. The van der Waals surface area contributed by atoms with E-state index in [1.54, 1.807) is 0 Å². The fourth-order valence-electron chi connectivity index (χ4n) is 2.80. The molecule has 0 atom stereocenters. The zero-order valence-corrected chi connectivity index (χ0v) is 12.3. The number of rotatable bonds is 6. The van der Waals surface area contributed by atoms with Gasteiger partial charge >= 0.3 is 0 Å². The second-order valence-electron chi connectivity index (χ2n) is 6.58. The number of oxime groups is 1. The molecule has 5 nitrogen and oxygen atoms in total. The fraction of sp³-hybridized carbons (Fsp3) is 0.929. The van der Waals surface area contributed by atoms with Gasteiger partial charge in [0.1, 0.15) is 5.84 Å². The van der Waals surface area contributed by atoms with Gasteiger partial charge in [0.05, 0.1) is 0 Å². The first-order valence-electron chi connectivity index (χ1n) is 7.47. The van der Waals surface area contributed by atoms with Crippen LogP contribution < -0.4 is 5.73 Å². The van der Waals surface area contributed by atoms with Crippen LogP contribution in [0.2, 0.25) is 0 Å². The molecule has 2 rings (SSSR count). The van der Waals surface area contributed by atoms with Crippen LogP contribution in [0.25, 0.3) is 0 Å². The fourth-order valence-corrected chi connectivity index (χ4v) is 2.80. The van der Waals surface area contributed by atoms with E-state index in [9.17, 15) is 0 Å². The van der Waals surface area contributed by atoms with Crippen LogP contribution in [0.3, 0.4) is 0 Å². The van der Waals surface area contributed by atoms with E-state index in [-0.39, 0.29) is 5.41 Å². The number of piperazine rings is 1. The molecule has 1 heterocycles. The summed E-state index contributed by atoms with van der Waals surface area (Å²) >= 11 is 0. The summed E-state index contributed by atoms with van der Waals surface area (Å²) in [7, 11) is 0. The minimum atomic E-state index is -0.204. The van der Waals surface area contributed by atoms with E-state index in [2.05, 4.69) is 15.0 Å². The molecule has 0 amide bonds. The van der Waals surface area contributed by atoms with Gasteiger partial charge in [-0.2, -0.15) is 0 Å². The van der Waals surface area contributed by atoms with Crippen LogP contribution in [0.1, 0.15) is 39.5 Å². The second-order valence-corrected chi connectivity index (χ2v) is 6.58. The van der Waals surface area contributed by atoms with E-state index in [0.29, 0.717) is 5.84 Å². The van der Waals surface area contributed by atoms with Crippen LogP contribution >= 0.6 is 0 Å². The van der Waals surface area contributed by atoms with Gasteiger partial charge in [-0.3, -0.25) is 4.90 Å². The van der Waals surface area contributed by atoms with Gasteiger partial charge in [-0.05, 0) is 32.2 Å². The summed E-state index contributed by atoms with van der Waals surface area (Å²) < 4.78 is 0. The zero-order valence-electron chi connectivity index (χ0n) is 12.3. The third kappa shape index (κ3) is 4.08. The number of nitrogens with zero attached hydrogens (tertiary/aromatic N) is 3. The maximum absolute atomic E-state index is 8.75. The van der Waals surface area contributed by atoms with Crippen molar-refractivity contribution in [2.45, 2.75) is 45.6 Å². The Morgan fingerprint density at radius 3 is 2.42 bits per heavy atom. The third-order valence-electron chi connectivity index (χ3n) is 4.55. The van der Waals surface area contributed by atoms with Gasteiger partial charge in [0.25, 0.3) is 0 Å². The minimum Gasteiger partial charge on any atom is -0.409 e. The van der Waals surface area contributed by atoms with Crippen LogP contribution in [0, 0.1) is 5.41 Å². The first-order chi connectivity index (χ1) is 9.03. The first-order valence-corrected chi connectivity index (χ1v) is 7.47. The van der Waals surface area contributed by atoms with Gasteiger partial charge in [0, 0.05) is 37.6 Å². The van der Waals surface area contributed by atoms with Crippen LogP contribution in [0.5, 0.6) is 0 Å². The summed E-state index contributed by atoms with van der Waals surface area (Å²) in [5.74, 6) is 0.339. The largest absolute Gasteiger partial charge is 0.409 e. The van der Waals surface area contributed by atoms with Crippen molar-refractivity contribution in [3.05, 3.63) is 0 Å². The number of nitrogens with two attached hydrogens (primary N) is 1. The molecule has 0 bridgehead atoms. The highest BCUT2D eigenvalue weighted by molar-refractivity contribution is 5.85. The molecule has 2 aliphatic rings. The van der Waals surface area contributed by atoms with E-state index in [1.807, 2.05) is 13.8 Å². The first kappa shape index (κ1) is 14.6. The smallest absolute Gasteiger partial charge is 0.144 e. The predicted octanol–water partition coefficient (Wildman–Crippen LogP) is 1.32. The second kappa shape index (κ2) is 6.09. The van der Waals surface area contributed by atoms with E-state index >= 15 is 0 Å². The Bertz CT molecular complexity index is 317. The summed E-state index contributed by atoms with van der Waals surface area (Å²) in [5, 5.41) is 11.9. The van der Waals surface area contributed by atoms with E-state index < -0.39 is 0 Å². The molecule has 2 fully saturated rings. The molecule has 0 radical (unpaired) electrons. The molecule has 1 aliphatic carbocycles. The van der Waals surface area contributed by atoms with E-state index in [1.165, 1.54) is 39.0 Å². The molecule has 1 aliphatic heterocycles. The van der Waals surface area contributed by atoms with Crippen molar-refractivity contribution in [3.63, 3.8) is 0 Å². The van der Waals surface area contributed by atoms with Gasteiger partial charge in [-0.25, -0.2) is 0 Å². The van der Waals surface area contributed by atoms with E-state index in [0.717, 1.165) is 25.4 Å². The molecule has 110 valence electrons. The normalized spacial score (nSPS) is 23.8. The summed E-state index contributed by atoms with van der Waals surface area (Å²) in [6.07, 6.45) is 4.89. The summed E-state index contributed by atoms with van der Waals surface area (Å²) in [5.41, 5.74) is 5.50. The Morgan fingerprint density at radius 2 is 1.89 bits per heavy atom. The van der Waals surface area contributed by atoms with Gasteiger partial charge < -0.3 is 15.8 Å². The Labute approximate surface area is 116 Å². The highest BCUT2D eigenvalue weighted by Gasteiger charge is 2.31. The topological polar surface area (TPSA) is 65.1 Å². The predicted molar refractivity (Wildman–Crippen MR) is 77.5 cm³/mol. The number of hydrogen-bond acceptors (Lipinski definition) is 4. The lowest BCUT2D eigenvalue weighted by atomic mass is 9.86. The summed E-state index contributed by atoms with van der Waals surface area (Å²) in [6.45, 7) is 10.0. The van der Waals surface area contributed by atoms with Gasteiger partial charge in [-0.1, -0.05) is 19.0 Å². The Morgan fingerprint density at radius 1 is 1.26 bits per heavy atom. The minimum absolute atomic E-state index is 0.204. The van der Waals surface area contributed by atoms with Crippen molar-refractivity contribution in [1.29, 1.82) is 0 Å². The van der Waals surface area contributed by atoms with Crippen molar-refractivity contribution in [3.8, 4) is 0 Å². The monoisotopic (exact) mass is 268 g/mol. The van der Waals surface area contributed by atoms with Crippen molar-refractivity contribution in [1.82, 2.24) is 9.80 Å². The molecule has 19 heavy (non-hydrogen) atoms. The highest BCUT2D eigenvalue weighted by Crippen LogP contribution is 2.27. The molecule has 0 unspecified atom stereocenters. The van der Waals surface area contributed by atoms with Crippen molar-refractivity contribution in [2.24, 2.45) is 16.3 Å². The van der Waals surface area contributed by atoms with Crippen molar-refractivity contribution >= 4 is 5.84 Å². The zero-order chi connectivity index (χ0) is 13.9. The molecule has 0 aromatic rings. The summed E-state index contributed by atoms with van der Waals surface area (Å²) in [6, 6.07) is 0.904. The van der Waals surface area contributed by atoms with Gasteiger partial charge in [0.15, 0.2) is 0 Å². The molecule has 5 heteroatoms. The van der Waals surface area contributed by atoms with E-state index in [4.69, 9.17) is 10.9 Å². The Hall–Kier alpha value is -0.810. The third-order valence-corrected chi connectivity index (χ3v) is 4.55. The Balaban J connectivity index is 1.63. The van der Waals surface area contributed by atoms with Crippen LogP contribution in [0.4, 0.5) is 0 Å². The quantitative estimate of drug-likeness (QED) is 0.330. The molecule has 0 aromatic carbocycles. The molecular weight excluding hydrogens is 240 g/mol. The molecule has 0 spiro atoms. The lowest BCUT2D eigenvalue weighted by Gasteiger charge is -2.35. The SMILES string of the molecule is CC(C)(CCCN1CCN(C2CC2)CC1)C(N)=NO. The van der Waals surface area contributed by atoms with Crippen molar-refractivity contribution in [2.75, 3.05) is 32.7 Å². The highest BCUT2D eigenvalue weighted by atomic mass is 16.4. The van der Waals surface area contributed by atoms with Gasteiger partial charge in [0.2, 0.25) is 0 Å². The number of amidine groups is 1. The maximum Gasteiger partial charge on any atom is 0.144 e. The van der Waals surface area contributed by atoms with Crippen LogP contribution in [0.15, 0.2) is 5.16 Å². The molecule has 0 aromatic heterocycles. The average Bonchev–Trinajstić information content (AvgIpc) is 3.22. The lowest BCUT2D eigenvalue weighted by Crippen LogP contribution is -2.47. The standard InChI is InChI=1S/C14H28N4O/c1-14(2,13(15)16-19)6-3-7-17-8-10-18(11-9-17)12-4-5-12/h12,19H,3-11H2,1-2H3,(H2,15,16). The molecule has 1 saturated heterocycles. The molecule has 1 saturated carbocycles.